The summed E-state index contributed by atoms with van der Waals surface area (Å²) in [5, 5.41) is 2.42. The molecule has 0 saturated heterocycles. The molecule has 0 aliphatic heterocycles. The van der Waals surface area contributed by atoms with Gasteiger partial charge in [0.05, 0.1) is 5.38 Å². The quantitative estimate of drug-likeness (QED) is 0.649. The number of nitrogens with one attached hydrogen (secondary N) is 1. The van der Waals surface area contributed by atoms with Gasteiger partial charge in [-0.2, -0.15) is 0 Å². The molecule has 0 heterocycles. The van der Waals surface area contributed by atoms with Crippen LogP contribution >= 0.6 is 11.6 Å². The lowest BCUT2D eigenvalue weighted by atomic mass is 10.2. The molecule has 0 bridgehead atoms. The third-order valence-corrected chi connectivity index (χ3v) is 3.15. The average Bonchev–Trinajstić information content (AvgIpc) is 2.46. The summed E-state index contributed by atoms with van der Waals surface area (Å²) in [4.78, 5) is 11.9. The van der Waals surface area contributed by atoms with E-state index in [9.17, 15) is 4.79 Å². The van der Waals surface area contributed by atoms with Crippen molar-refractivity contribution >= 4 is 35.0 Å². The van der Waals surface area contributed by atoms with Crippen molar-refractivity contribution in [3.63, 3.8) is 0 Å². The predicted molar refractivity (Wildman–Crippen MR) is 89.2 cm³/mol. The highest BCUT2D eigenvalue weighted by Crippen LogP contribution is 2.14. The molecule has 0 aliphatic carbocycles. The van der Waals surface area contributed by atoms with Gasteiger partial charge in [-0.1, -0.05) is 48.6 Å². The summed E-state index contributed by atoms with van der Waals surface area (Å²) in [7, 11) is 0. The van der Waals surface area contributed by atoms with E-state index in [1.165, 1.54) is 0 Å². The lowest BCUT2D eigenvalue weighted by Gasteiger charge is -2.07. The van der Waals surface area contributed by atoms with Gasteiger partial charge in [0.1, 0.15) is 0 Å². The highest BCUT2D eigenvalue weighted by Gasteiger charge is 2.08. The van der Waals surface area contributed by atoms with Gasteiger partial charge in [-0.25, -0.2) is 0 Å². The zero-order valence-electron chi connectivity index (χ0n) is 11.5. The Bertz CT molecular complexity index is 626. The molecule has 108 valence electrons. The molecular formula is C17H17ClN2O. The molecule has 0 saturated carbocycles. The van der Waals surface area contributed by atoms with E-state index in [-0.39, 0.29) is 17.7 Å². The summed E-state index contributed by atoms with van der Waals surface area (Å²) in [6.45, 7) is 0. The third kappa shape index (κ3) is 5.32. The molecular weight excluding hydrogens is 284 g/mol. The molecule has 1 atom stereocenters. The average molecular weight is 301 g/mol. The number of benzene rings is 2. The van der Waals surface area contributed by atoms with Crippen LogP contribution in [0.3, 0.4) is 0 Å². The van der Waals surface area contributed by atoms with Crippen molar-refractivity contribution < 1.29 is 4.79 Å². The Labute approximate surface area is 129 Å². The van der Waals surface area contributed by atoms with Crippen LogP contribution < -0.4 is 11.1 Å². The fourth-order valence-electron chi connectivity index (χ4n) is 1.85. The summed E-state index contributed by atoms with van der Waals surface area (Å²) >= 11 is 6.15. The first-order valence-corrected chi connectivity index (χ1v) is 7.10. The van der Waals surface area contributed by atoms with Crippen LogP contribution in [0.4, 0.5) is 11.4 Å². The van der Waals surface area contributed by atoms with Crippen LogP contribution in [0.2, 0.25) is 0 Å². The highest BCUT2D eigenvalue weighted by atomic mass is 35.5. The number of amides is 1. The van der Waals surface area contributed by atoms with Gasteiger partial charge in [-0.05, 0) is 23.8 Å². The predicted octanol–water partition coefficient (Wildman–Crippen LogP) is 3.92. The van der Waals surface area contributed by atoms with Crippen LogP contribution in [0, 0.1) is 0 Å². The van der Waals surface area contributed by atoms with Crippen LogP contribution in [-0.4, -0.2) is 11.3 Å². The molecule has 21 heavy (non-hydrogen) atoms. The summed E-state index contributed by atoms with van der Waals surface area (Å²) in [5.41, 5.74) is 8.00. The molecule has 0 spiro atoms. The Morgan fingerprint density at radius 2 is 1.95 bits per heavy atom. The van der Waals surface area contributed by atoms with Crippen molar-refractivity contribution in [2.45, 2.75) is 11.8 Å². The van der Waals surface area contributed by atoms with Crippen LogP contribution in [0.5, 0.6) is 0 Å². The monoisotopic (exact) mass is 300 g/mol. The Hall–Kier alpha value is -2.26. The first-order valence-electron chi connectivity index (χ1n) is 6.66. The smallest absolute Gasteiger partial charge is 0.226 e. The molecule has 3 N–H and O–H groups in total. The van der Waals surface area contributed by atoms with Crippen molar-refractivity contribution in [3.05, 3.63) is 66.2 Å². The highest BCUT2D eigenvalue weighted by molar-refractivity contribution is 6.23. The maximum Gasteiger partial charge on any atom is 0.226 e. The number of hydrogen-bond donors (Lipinski definition) is 2. The van der Waals surface area contributed by atoms with E-state index in [1.807, 2.05) is 42.5 Å². The van der Waals surface area contributed by atoms with E-state index in [4.69, 9.17) is 17.3 Å². The number of nitrogen functional groups attached to an aromatic ring is 1. The van der Waals surface area contributed by atoms with Gasteiger partial charge in [0.2, 0.25) is 5.91 Å². The minimum absolute atomic E-state index is 0.140. The largest absolute Gasteiger partial charge is 0.399 e. The van der Waals surface area contributed by atoms with E-state index >= 15 is 0 Å². The van der Waals surface area contributed by atoms with Gasteiger partial charge < -0.3 is 11.1 Å². The van der Waals surface area contributed by atoms with Crippen molar-refractivity contribution in [1.82, 2.24) is 0 Å². The van der Waals surface area contributed by atoms with Gasteiger partial charge >= 0.3 is 0 Å². The first kappa shape index (κ1) is 15.1. The molecule has 0 aliphatic rings. The summed E-state index contributed by atoms with van der Waals surface area (Å²) in [6, 6.07) is 16.9. The molecule has 4 heteroatoms. The number of carbonyl (C=O) groups is 1. The topological polar surface area (TPSA) is 55.1 Å². The van der Waals surface area contributed by atoms with Crippen molar-refractivity contribution in [2.75, 3.05) is 11.1 Å². The van der Waals surface area contributed by atoms with Crippen LogP contribution in [-0.2, 0) is 4.79 Å². The number of hydrogen-bond acceptors (Lipinski definition) is 2. The molecule has 3 nitrogen and oxygen atoms in total. The minimum atomic E-state index is -0.355. The van der Waals surface area contributed by atoms with Gasteiger partial charge in [-0.3, -0.25) is 4.79 Å². The molecule has 2 aromatic rings. The number of anilines is 2. The van der Waals surface area contributed by atoms with E-state index in [1.54, 1.807) is 24.3 Å². The van der Waals surface area contributed by atoms with Crippen LogP contribution in [0.25, 0.3) is 6.08 Å². The second-order valence-corrected chi connectivity index (χ2v) is 5.22. The minimum Gasteiger partial charge on any atom is -0.399 e. The van der Waals surface area contributed by atoms with E-state index in [0.29, 0.717) is 11.4 Å². The zero-order valence-corrected chi connectivity index (χ0v) is 12.3. The van der Waals surface area contributed by atoms with E-state index in [2.05, 4.69) is 5.32 Å². The Morgan fingerprint density at radius 1 is 1.19 bits per heavy atom. The maximum absolute atomic E-state index is 11.9. The maximum atomic E-state index is 11.9. The molecule has 0 fully saturated rings. The molecule has 0 aromatic heterocycles. The van der Waals surface area contributed by atoms with E-state index < -0.39 is 0 Å². The molecule has 2 rings (SSSR count). The van der Waals surface area contributed by atoms with Gasteiger partial charge in [0.25, 0.3) is 0 Å². The molecule has 1 unspecified atom stereocenters. The van der Waals surface area contributed by atoms with Crippen molar-refractivity contribution in [2.24, 2.45) is 0 Å². The Balaban J connectivity index is 1.86. The van der Waals surface area contributed by atoms with Crippen molar-refractivity contribution in [1.29, 1.82) is 0 Å². The summed E-state index contributed by atoms with van der Waals surface area (Å²) in [5.74, 6) is -0.140. The number of rotatable bonds is 5. The fourth-order valence-corrected chi connectivity index (χ4v) is 2.07. The summed E-state index contributed by atoms with van der Waals surface area (Å²) < 4.78 is 0. The number of alkyl halides is 1. The van der Waals surface area contributed by atoms with Gasteiger partial charge in [0.15, 0.2) is 0 Å². The number of allylic oxidation sites excluding steroid dienone is 1. The van der Waals surface area contributed by atoms with Crippen LogP contribution in [0.15, 0.2) is 60.7 Å². The van der Waals surface area contributed by atoms with Gasteiger partial charge in [-0.15, -0.1) is 11.6 Å². The van der Waals surface area contributed by atoms with E-state index in [0.717, 1.165) is 5.56 Å². The first-order chi connectivity index (χ1) is 10.1. The second kappa shape index (κ2) is 7.50. The third-order valence-electron chi connectivity index (χ3n) is 2.85. The lowest BCUT2D eigenvalue weighted by Crippen LogP contribution is -2.15. The molecule has 0 radical (unpaired) electrons. The zero-order chi connectivity index (χ0) is 15.1. The SMILES string of the molecule is Nc1cccc(NC(=O)CC(Cl)/C=C/c2ccccc2)c1. The Kier molecular flexibility index (Phi) is 5.41. The van der Waals surface area contributed by atoms with Crippen molar-refractivity contribution in [3.8, 4) is 0 Å². The number of halogens is 1. The molecule has 2 aromatic carbocycles. The second-order valence-electron chi connectivity index (χ2n) is 4.66. The number of carbonyl (C=O) groups excluding carboxylic acids is 1. The standard InChI is InChI=1S/C17H17ClN2O/c18-14(10-9-13-5-2-1-3-6-13)11-17(21)20-16-8-4-7-15(19)12-16/h1-10,12,14H,11,19H2,(H,20,21)/b10-9+. The van der Waals surface area contributed by atoms with Gasteiger partial charge in [0, 0.05) is 17.8 Å². The lowest BCUT2D eigenvalue weighted by molar-refractivity contribution is -0.116. The molecule has 1 amide bonds. The normalized spacial score (nSPS) is 12.2. The summed E-state index contributed by atoms with van der Waals surface area (Å²) in [6.07, 6.45) is 3.93. The fraction of sp³-hybridized carbons (Fsp3) is 0.118. The Morgan fingerprint density at radius 3 is 2.67 bits per heavy atom. The van der Waals surface area contributed by atoms with Crippen LogP contribution in [0.1, 0.15) is 12.0 Å². The number of nitrogens with two attached hydrogens (primary N) is 1.